The number of rotatable bonds is 9. The first kappa shape index (κ1) is 23.0. The molecule has 2 rings (SSSR count). The van der Waals surface area contributed by atoms with Gasteiger partial charge in [0.25, 0.3) is 0 Å². The average Bonchev–Trinajstić information content (AvgIpc) is 2.76. The summed E-state index contributed by atoms with van der Waals surface area (Å²) in [4.78, 5) is 53.0. The van der Waals surface area contributed by atoms with Crippen molar-refractivity contribution in [2.75, 3.05) is 54.1 Å². The highest BCUT2D eigenvalue weighted by atomic mass is 16.5. The minimum Gasteiger partial charge on any atom is -0.497 e. The van der Waals surface area contributed by atoms with Crippen LogP contribution < -0.4 is 9.47 Å². The number of amides is 3. The summed E-state index contributed by atoms with van der Waals surface area (Å²) in [6.45, 7) is 2.29. The van der Waals surface area contributed by atoms with Gasteiger partial charge in [-0.25, -0.2) is 0 Å². The maximum absolute atomic E-state index is 12.9. The molecule has 164 valence electrons. The summed E-state index contributed by atoms with van der Waals surface area (Å²) in [5.41, 5.74) is 0.668. The molecule has 0 spiro atoms. The Labute approximate surface area is 175 Å². The van der Waals surface area contributed by atoms with Gasteiger partial charge in [0.2, 0.25) is 5.91 Å². The van der Waals surface area contributed by atoms with Gasteiger partial charge in [-0.2, -0.15) is 0 Å². The summed E-state index contributed by atoms with van der Waals surface area (Å²) in [6.07, 6.45) is 0. The van der Waals surface area contributed by atoms with Gasteiger partial charge in [-0.3, -0.25) is 19.2 Å². The first-order valence-electron chi connectivity index (χ1n) is 9.47. The molecule has 0 unspecified atom stereocenters. The van der Waals surface area contributed by atoms with Crippen molar-refractivity contribution in [2.24, 2.45) is 0 Å². The molecule has 0 N–H and O–H groups in total. The molecule has 1 aliphatic heterocycles. The van der Waals surface area contributed by atoms with E-state index in [1.54, 1.807) is 25.1 Å². The van der Waals surface area contributed by atoms with E-state index in [1.165, 1.54) is 36.0 Å². The highest BCUT2D eigenvalue weighted by molar-refractivity contribution is 6.35. The minimum absolute atomic E-state index is 0.0680. The van der Waals surface area contributed by atoms with Crippen LogP contribution >= 0.6 is 0 Å². The first-order chi connectivity index (χ1) is 14.3. The standard InChI is InChI=1S/C20H27N3O7/c1-5-21-6-7-22(20(27)19(21)26)12-17(24)23(13-18(25)30-4)11-14-8-15(28-2)10-16(9-14)29-3/h8-10H,5-7,11-13H2,1-4H3. The lowest BCUT2D eigenvalue weighted by molar-refractivity contribution is -0.158. The zero-order valence-corrected chi connectivity index (χ0v) is 17.7. The molecule has 10 heteroatoms. The molecule has 1 aromatic carbocycles. The van der Waals surface area contributed by atoms with E-state index < -0.39 is 23.7 Å². The fourth-order valence-corrected chi connectivity index (χ4v) is 3.06. The van der Waals surface area contributed by atoms with Crippen molar-refractivity contribution in [3.05, 3.63) is 23.8 Å². The number of nitrogens with zero attached hydrogens (tertiary/aromatic N) is 3. The van der Waals surface area contributed by atoms with Gasteiger partial charge < -0.3 is 28.9 Å². The Balaban J connectivity index is 2.18. The van der Waals surface area contributed by atoms with Crippen molar-refractivity contribution in [3.8, 4) is 11.5 Å². The quantitative estimate of drug-likeness (QED) is 0.405. The number of hydrogen-bond acceptors (Lipinski definition) is 7. The molecule has 1 saturated heterocycles. The third-order valence-electron chi connectivity index (χ3n) is 4.79. The highest BCUT2D eigenvalue weighted by Gasteiger charge is 2.33. The Morgan fingerprint density at radius 3 is 2.07 bits per heavy atom. The molecular weight excluding hydrogens is 394 g/mol. The Hall–Kier alpha value is -3.30. The number of ether oxygens (including phenoxy) is 3. The van der Waals surface area contributed by atoms with Crippen LogP contribution in [0.1, 0.15) is 12.5 Å². The number of likely N-dealkylation sites (N-methyl/N-ethyl adjacent to an activating group) is 1. The van der Waals surface area contributed by atoms with Crippen LogP contribution in [0.25, 0.3) is 0 Å². The van der Waals surface area contributed by atoms with Crippen LogP contribution in [0.2, 0.25) is 0 Å². The average molecular weight is 421 g/mol. The van der Waals surface area contributed by atoms with E-state index in [4.69, 9.17) is 14.2 Å². The van der Waals surface area contributed by atoms with Gasteiger partial charge >= 0.3 is 17.8 Å². The number of methoxy groups -OCH3 is 3. The second kappa shape index (κ2) is 10.5. The van der Waals surface area contributed by atoms with Gasteiger partial charge in [-0.05, 0) is 24.6 Å². The Kier molecular flexibility index (Phi) is 8.02. The Bertz CT molecular complexity index is 789. The fourth-order valence-electron chi connectivity index (χ4n) is 3.06. The third-order valence-corrected chi connectivity index (χ3v) is 4.79. The second-order valence-corrected chi connectivity index (χ2v) is 6.66. The molecule has 3 amide bonds. The summed E-state index contributed by atoms with van der Waals surface area (Å²) in [7, 11) is 4.24. The van der Waals surface area contributed by atoms with Gasteiger partial charge in [0.1, 0.15) is 24.6 Å². The number of esters is 1. The van der Waals surface area contributed by atoms with Crippen molar-refractivity contribution in [1.82, 2.24) is 14.7 Å². The normalized spacial score (nSPS) is 13.9. The smallest absolute Gasteiger partial charge is 0.325 e. The van der Waals surface area contributed by atoms with Crippen molar-refractivity contribution in [3.63, 3.8) is 0 Å². The van der Waals surface area contributed by atoms with Crippen LogP contribution in [0, 0.1) is 0 Å². The molecule has 1 aliphatic rings. The lowest BCUT2D eigenvalue weighted by atomic mass is 10.1. The minimum atomic E-state index is -0.725. The van der Waals surface area contributed by atoms with Gasteiger partial charge in [0, 0.05) is 32.2 Å². The Morgan fingerprint density at radius 1 is 0.967 bits per heavy atom. The van der Waals surface area contributed by atoms with Crippen LogP contribution in [0.15, 0.2) is 18.2 Å². The topological polar surface area (TPSA) is 106 Å². The number of carbonyl (C=O) groups is 4. The van der Waals surface area contributed by atoms with E-state index >= 15 is 0 Å². The van der Waals surface area contributed by atoms with Crippen LogP contribution in [-0.2, 0) is 30.5 Å². The van der Waals surface area contributed by atoms with Crippen molar-refractivity contribution < 1.29 is 33.4 Å². The maximum atomic E-state index is 12.9. The molecule has 0 bridgehead atoms. The van der Waals surface area contributed by atoms with E-state index in [-0.39, 0.29) is 26.2 Å². The molecule has 0 saturated carbocycles. The highest BCUT2D eigenvalue weighted by Crippen LogP contribution is 2.23. The molecular formula is C20H27N3O7. The largest absolute Gasteiger partial charge is 0.497 e. The van der Waals surface area contributed by atoms with Gasteiger partial charge in [0.15, 0.2) is 0 Å². The van der Waals surface area contributed by atoms with E-state index in [0.29, 0.717) is 30.2 Å². The zero-order chi connectivity index (χ0) is 22.3. The summed E-state index contributed by atoms with van der Waals surface area (Å²) in [5, 5.41) is 0. The predicted molar refractivity (Wildman–Crippen MR) is 106 cm³/mol. The third kappa shape index (κ3) is 5.62. The molecule has 0 aliphatic carbocycles. The van der Waals surface area contributed by atoms with Crippen molar-refractivity contribution >= 4 is 23.7 Å². The van der Waals surface area contributed by atoms with E-state index in [1.807, 2.05) is 0 Å². The predicted octanol–water partition coefficient (Wildman–Crippen LogP) is -0.104. The van der Waals surface area contributed by atoms with Crippen LogP contribution in [0.4, 0.5) is 0 Å². The lowest BCUT2D eigenvalue weighted by Gasteiger charge is -2.34. The summed E-state index contributed by atoms with van der Waals surface area (Å²) in [5.74, 6) is -1.37. The zero-order valence-electron chi connectivity index (χ0n) is 17.7. The molecule has 1 fully saturated rings. The molecule has 0 aromatic heterocycles. The first-order valence-corrected chi connectivity index (χ1v) is 9.47. The number of piperazine rings is 1. The lowest BCUT2D eigenvalue weighted by Crippen LogP contribution is -2.56. The molecule has 0 atom stereocenters. The van der Waals surface area contributed by atoms with Crippen molar-refractivity contribution in [2.45, 2.75) is 13.5 Å². The van der Waals surface area contributed by atoms with E-state index in [0.717, 1.165) is 0 Å². The number of benzene rings is 1. The molecule has 10 nitrogen and oxygen atoms in total. The number of carbonyl (C=O) groups excluding carboxylic acids is 4. The van der Waals surface area contributed by atoms with Crippen LogP contribution in [0.5, 0.6) is 11.5 Å². The van der Waals surface area contributed by atoms with Crippen LogP contribution in [-0.4, -0.2) is 92.4 Å². The maximum Gasteiger partial charge on any atom is 0.325 e. The molecule has 0 radical (unpaired) electrons. The molecule has 1 heterocycles. The molecule has 30 heavy (non-hydrogen) atoms. The molecule has 1 aromatic rings. The monoisotopic (exact) mass is 421 g/mol. The van der Waals surface area contributed by atoms with Crippen LogP contribution in [0.3, 0.4) is 0 Å². The van der Waals surface area contributed by atoms with Gasteiger partial charge in [0.05, 0.1) is 21.3 Å². The van der Waals surface area contributed by atoms with Crippen molar-refractivity contribution in [1.29, 1.82) is 0 Å². The Morgan fingerprint density at radius 2 is 1.53 bits per heavy atom. The van der Waals surface area contributed by atoms with Gasteiger partial charge in [-0.1, -0.05) is 0 Å². The second-order valence-electron chi connectivity index (χ2n) is 6.66. The SMILES string of the molecule is CCN1CCN(CC(=O)N(CC(=O)OC)Cc2cc(OC)cc(OC)c2)C(=O)C1=O. The fraction of sp³-hybridized carbons (Fsp3) is 0.500. The summed E-state index contributed by atoms with van der Waals surface area (Å²) < 4.78 is 15.2. The van der Waals surface area contributed by atoms with Gasteiger partial charge in [-0.15, -0.1) is 0 Å². The number of hydrogen-bond donors (Lipinski definition) is 0. The van der Waals surface area contributed by atoms with E-state index in [9.17, 15) is 19.2 Å². The summed E-state index contributed by atoms with van der Waals surface area (Å²) >= 11 is 0. The van der Waals surface area contributed by atoms with E-state index in [2.05, 4.69) is 0 Å². The summed E-state index contributed by atoms with van der Waals surface area (Å²) in [6, 6.07) is 5.12.